The molecule has 2 N–H and O–H groups in total. The van der Waals surface area contributed by atoms with E-state index >= 15 is 0 Å². The molecule has 2 amide bonds. The molecule has 1 spiro atoms. The van der Waals surface area contributed by atoms with Crippen molar-refractivity contribution in [2.24, 2.45) is 11.3 Å². The molecule has 2 aliphatic rings. The average Bonchev–Trinajstić information content (AvgIpc) is 2.88. The fourth-order valence-corrected chi connectivity index (χ4v) is 3.76. The summed E-state index contributed by atoms with van der Waals surface area (Å²) < 4.78 is 10.9. The second-order valence-electron chi connectivity index (χ2n) is 9.55. The molecule has 0 aromatic rings. The van der Waals surface area contributed by atoms with Crippen LogP contribution in [-0.4, -0.2) is 61.0 Å². The molecule has 150 valence electrons. The Hall–Kier alpha value is -1.50. The van der Waals surface area contributed by atoms with Gasteiger partial charge in [0.05, 0.1) is 0 Å². The maximum atomic E-state index is 12.4. The van der Waals surface area contributed by atoms with Gasteiger partial charge in [0.25, 0.3) is 0 Å². The van der Waals surface area contributed by atoms with Gasteiger partial charge in [-0.3, -0.25) is 0 Å². The summed E-state index contributed by atoms with van der Waals surface area (Å²) in [5.41, 5.74) is -0.969. The fraction of sp³-hybridized carbons (Fsp3) is 0.895. The van der Waals surface area contributed by atoms with Crippen LogP contribution in [0.15, 0.2) is 0 Å². The molecule has 2 fully saturated rings. The van der Waals surface area contributed by atoms with Gasteiger partial charge in [0.15, 0.2) is 0 Å². The molecule has 2 heterocycles. The van der Waals surface area contributed by atoms with E-state index in [2.05, 4.69) is 10.6 Å². The number of nitrogens with one attached hydrogen (secondary N) is 2. The first-order chi connectivity index (χ1) is 11.9. The molecular weight excluding hydrogens is 334 g/mol. The molecule has 0 saturated carbocycles. The Bertz CT molecular complexity index is 524. The number of amides is 2. The zero-order valence-corrected chi connectivity index (χ0v) is 17.1. The van der Waals surface area contributed by atoms with Crippen LogP contribution in [-0.2, 0) is 9.47 Å². The van der Waals surface area contributed by atoms with E-state index in [1.807, 2.05) is 46.4 Å². The Labute approximate surface area is 157 Å². The Morgan fingerprint density at radius 3 is 2.38 bits per heavy atom. The number of carbonyl (C=O) groups excluding carboxylic acids is 2. The van der Waals surface area contributed by atoms with E-state index in [1.165, 1.54) is 0 Å². The van der Waals surface area contributed by atoms with E-state index < -0.39 is 11.2 Å². The fourth-order valence-electron chi connectivity index (χ4n) is 3.76. The van der Waals surface area contributed by atoms with Crippen molar-refractivity contribution < 1.29 is 19.1 Å². The SMILES string of the molecule is CC(C)(C)OC(=O)NCC1CNCCC12CCN(C(=O)OC(C)(C)C)C2. The van der Waals surface area contributed by atoms with E-state index in [9.17, 15) is 9.59 Å². The lowest BCUT2D eigenvalue weighted by Crippen LogP contribution is -2.51. The maximum Gasteiger partial charge on any atom is 0.410 e. The number of hydrogen-bond donors (Lipinski definition) is 2. The Morgan fingerprint density at radius 2 is 1.77 bits per heavy atom. The molecule has 0 aliphatic carbocycles. The van der Waals surface area contributed by atoms with Gasteiger partial charge in [0.1, 0.15) is 11.2 Å². The number of carbonyl (C=O) groups is 2. The summed E-state index contributed by atoms with van der Waals surface area (Å²) in [6.45, 7) is 14.9. The van der Waals surface area contributed by atoms with Crippen molar-refractivity contribution in [2.45, 2.75) is 65.6 Å². The van der Waals surface area contributed by atoms with Crippen molar-refractivity contribution in [3.05, 3.63) is 0 Å². The zero-order chi connectivity index (χ0) is 19.6. The van der Waals surface area contributed by atoms with Gasteiger partial charge in [-0.1, -0.05) is 0 Å². The summed E-state index contributed by atoms with van der Waals surface area (Å²) in [7, 11) is 0. The van der Waals surface area contributed by atoms with Crippen LogP contribution in [0, 0.1) is 11.3 Å². The molecule has 2 rings (SSSR count). The lowest BCUT2D eigenvalue weighted by molar-refractivity contribution is 0.0226. The van der Waals surface area contributed by atoms with Gasteiger partial charge in [-0.05, 0) is 72.3 Å². The molecule has 0 aromatic carbocycles. The average molecular weight is 370 g/mol. The van der Waals surface area contributed by atoms with Gasteiger partial charge < -0.3 is 25.0 Å². The van der Waals surface area contributed by atoms with Crippen molar-refractivity contribution >= 4 is 12.2 Å². The van der Waals surface area contributed by atoms with Gasteiger partial charge in [0, 0.05) is 26.2 Å². The molecule has 2 aliphatic heterocycles. The molecule has 7 nitrogen and oxygen atoms in total. The van der Waals surface area contributed by atoms with Crippen LogP contribution < -0.4 is 10.6 Å². The predicted molar refractivity (Wildman–Crippen MR) is 100 cm³/mol. The van der Waals surface area contributed by atoms with E-state index in [0.29, 0.717) is 19.6 Å². The number of rotatable bonds is 2. The van der Waals surface area contributed by atoms with Crippen molar-refractivity contribution in [3.8, 4) is 0 Å². The third-order valence-corrected chi connectivity index (χ3v) is 4.99. The minimum Gasteiger partial charge on any atom is -0.444 e. The van der Waals surface area contributed by atoms with Crippen molar-refractivity contribution in [1.82, 2.24) is 15.5 Å². The molecule has 0 radical (unpaired) electrons. The topological polar surface area (TPSA) is 79.9 Å². The minimum absolute atomic E-state index is 0.0250. The summed E-state index contributed by atoms with van der Waals surface area (Å²) >= 11 is 0. The Balaban J connectivity index is 1.95. The maximum absolute atomic E-state index is 12.4. The molecule has 0 aromatic heterocycles. The highest BCUT2D eigenvalue weighted by molar-refractivity contribution is 5.69. The molecule has 2 unspecified atom stereocenters. The van der Waals surface area contributed by atoms with Gasteiger partial charge in [0.2, 0.25) is 0 Å². The van der Waals surface area contributed by atoms with Crippen molar-refractivity contribution in [2.75, 3.05) is 32.7 Å². The third-order valence-electron chi connectivity index (χ3n) is 4.99. The van der Waals surface area contributed by atoms with E-state index in [0.717, 1.165) is 25.9 Å². The molecule has 2 atom stereocenters. The normalized spacial score (nSPS) is 26.7. The largest absolute Gasteiger partial charge is 0.444 e. The Morgan fingerprint density at radius 1 is 1.12 bits per heavy atom. The van der Waals surface area contributed by atoms with Crippen LogP contribution in [0.5, 0.6) is 0 Å². The third kappa shape index (κ3) is 5.76. The van der Waals surface area contributed by atoms with Gasteiger partial charge in [-0.15, -0.1) is 0 Å². The molecule has 2 saturated heterocycles. The zero-order valence-electron chi connectivity index (χ0n) is 17.1. The van der Waals surface area contributed by atoms with Crippen LogP contribution in [0.4, 0.5) is 9.59 Å². The predicted octanol–water partition coefficient (Wildman–Crippen LogP) is 2.75. The standard InChI is InChI=1S/C19H35N3O4/c1-17(2,3)25-15(23)21-12-14-11-20-9-7-19(14)8-10-22(13-19)16(24)26-18(4,5)6/h14,20H,7-13H2,1-6H3,(H,21,23). The van der Waals surface area contributed by atoms with E-state index in [4.69, 9.17) is 9.47 Å². The first-order valence-electron chi connectivity index (χ1n) is 9.56. The second-order valence-corrected chi connectivity index (χ2v) is 9.55. The van der Waals surface area contributed by atoms with E-state index in [-0.39, 0.29) is 23.5 Å². The number of alkyl carbamates (subject to hydrolysis) is 1. The quantitative estimate of drug-likeness (QED) is 0.782. The summed E-state index contributed by atoms with van der Waals surface area (Å²) in [5.74, 6) is 0.260. The van der Waals surface area contributed by atoms with Crippen molar-refractivity contribution in [3.63, 3.8) is 0 Å². The molecular formula is C19H35N3O4. The number of piperidine rings is 1. The first-order valence-corrected chi connectivity index (χ1v) is 9.56. The van der Waals surface area contributed by atoms with Crippen LogP contribution in [0.2, 0.25) is 0 Å². The van der Waals surface area contributed by atoms with E-state index in [1.54, 1.807) is 0 Å². The summed E-state index contributed by atoms with van der Waals surface area (Å²) in [6.07, 6.45) is 1.30. The molecule has 7 heteroatoms. The number of likely N-dealkylation sites (tertiary alicyclic amines) is 1. The summed E-state index contributed by atoms with van der Waals surface area (Å²) in [4.78, 5) is 26.2. The van der Waals surface area contributed by atoms with Crippen LogP contribution >= 0.6 is 0 Å². The highest BCUT2D eigenvalue weighted by Gasteiger charge is 2.47. The second kappa shape index (κ2) is 7.62. The molecule has 26 heavy (non-hydrogen) atoms. The lowest BCUT2D eigenvalue weighted by atomic mass is 9.70. The monoisotopic (exact) mass is 369 g/mol. The van der Waals surface area contributed by atoms with Gasteiger partial charge in [-0.2, -0.15) is 0 Å². The lowest BCUT2D eigenvalue weighted by Gasteiger charge is -2.42. The first kappa shape index (κ1) is 20.8. The van der Waals surface area contributed by atoms with Gasteiger partial charge >= 0.3 is 12.2 Å². The van der Waals surface area contributed by atoms with Gasteiger partial charge in [-0.25, -0.2) is 9.59 Å². The van der Waals surface area contributed by atoms with Crippen LogP contribution in [0.3, 0.4) is 0 Å². The number of ether oxygens (including phenoxy) is 2. The number of nitrogens with zero attached hydrogens (tertiary/aromatic N) is 1. The highest BCUT2D eigenvalue weighted by atomic mass is 16.6. The Kier molecular flexibility index (Phi) is 6.10. The number of hydrogen-bond acceptors (Lipinski definition) is 5. The summed E-state index contributed by atoms with van der Waals surface area (Å²) in [5, 5.41) is 6.32. The summed E-state index contributed by atoms with van der Waals surface area (Å²) in [6, 6.07) is 0. The smallest absolute Gasteiger partial charge is 0.410 e. The van der Waals surface area contributed by atoms with Crippen molar-refractivity contribution in [1.29, 1.82) is 0 Å². The molecule has 0 bridgehead atoms. The van der Waals surface area contributed by atoms with Crippen LogP contribution in [0.25, 0.3) is 0 Å². The van der Waals surface area contributed by atoms with Crippen LogP contribution in [0.1, 0.15) is 54.4 Å². The highest BCUT2D eigenvalue weighted by Crippen LogP contribution is 2.42. The minimum atomic E-state index is -0.506.